The van der Waals surface area contributed by atoms with Crippen LogP contribution >= 0.6 is 11.5 Å². The molecule has 0 bridgehead atoms. The fourth-order valence-electron chi connectivity index (χ4n) is 2.74. The predicted octanol–water partition coefficient (Wildman–Crippen LogP) is 2.41. The monoisotopic (exact) mass is 281 g/mol. The van der Waals surface area contributed by atoms with Crippen molar-refractivity contribution in [3.63, 3.8) is 0 Å². The van der Waals surface area contributed by atoms with Crippen LogP contribution in [-0.4, -0.2) is 32.3 Å². The Bertz CT molecular complexity index is 486. The number of aryl methyl sites for hydroxylation is 1. The third-order valence-corrected chi connectivity index (χ3v) is 4.49. The molecule has 1 heterocycles. The summed E-state index contributed by atoms with van der Waals surface area (Å²) in [5, 5.41) is 3.85. The average molecular weight is 281 g/mol. The molecule has 0 saturated heterocycles. The number of rotatable bonds is 2. The molecule has 2 atom stereocenters. The minimum atomic E-state index is -0.237. The lowest BCUT2D eigenvalue weighted by atomic mass is 9.86. The van der Waals surface area contributed by atoms with Gasteiger partial charge in [0, 0.05) is 13.0 Å². The van der Waals surface area contributed by atoms with Gasteiger partial charge in [0.2, 0.25) is 5.91 Å². The van der Waals surface area contributed by atoms with E-state index in [1.54, 1.807) is 6.92 Å². The number of carbonyl (C=O) groups excluding carboxylic acids is 2. The van der Waals surface area contributed by atoms with Crippen LogP contribution in [0.4, 0.5) is 0 Å². The van der Waals surface area contributed by atoms with Gasteiger partial charge in [-0.1, -0.05) is 24.3 Å². The van der Waals surface area contributed by atoms with Crippen molar-refractivity contribution in [3.05, 3.63) is 10.6 Å². The third-order valence-electron chi connectivity index (χ3n) is 3.68. The minimum absolute atomic E-state index is 0.0234. The molecule has 1 aliphatic carbocycles. The van der Waals surface area contributed by atoms with Gasteiger partial charge >= 0.3 is 0 Å². The zero-order valence-electron chi connectivity index (χ0n) is 11.5. The number of carbonyl (C=O) groups is 2. The second kappa shape index (κ2) is 5.77. The number of aromatic nitrogens is 2. The zero-order valence-corrected chi connectivity index (χ0v) is 12.4. The Hall–Kier alpha value is -1.30. The number of nitrogens with zero attached hydrogens (tertiary/aromatic N) is 3. The van der Waals surface area contributed by atoms with Crippen molar-refractivity contribution in [2.24, 2.45) is 5.92 Å². The Kier molecular flexibility index (Phi) is 4.29. The summed E-state index contributed by atoms with van der Waals surface area (Å²) in [6, 6.07) is 0.0234. The van der Waals surface area contributed by atoms with E-state index in [0.29, 0.717) is 16.5 Å². The van der Waals surface area contributed by atoms with Gasteiger partial charge in [-0.2, -0.15) is 0 Å². The molecule has 0 N–H and O–H groups in total. The van der Waals surface area contributed by atoms with Crippen LogP contribution in [-0.2, 0) is 4.79 Å². The van der Waals surface area contributed by atoms with Crippen molar-refractivity contribution in [1.82, 2.24) is 14.5 Å². The van der Waals surface area contributed by atoms with Crippen molar-refractivity contribution in [2.45, 2.75) is 52.5 Å². The molecule has 0 spiro atoms. The smallest absolute Gasteiger partial charge is 0.274 e. The summed E-state index contributed by atoms with van der Waals surface area (Å²) in [7, 11) is 0. The largest absolute Gasteiger partial charge is 0.275 e. The first-order valence-electron chi connectivity index (χ1n) is 6.63. The van der Waals surface area contributed by atoms with Gasteiger partial charge in [-0.25, -0.2) is 0 Å². The second-order valence-corrected chi connectivity index (χ2v) is 6.06. The van der Waals surface area contributed by atoms with E-state index in [0.717, 1.165) is 30.8 Å². The molecule has 19 heavy (non-hydrogen) atoms. The minimum Gasteiger partial charge on any atom is -0.275 e. The lowest BCUT2D eigenvalue weighted by Crippen LogP contribution is -2.45. The summed E-state index contributed by atoms with van der Waals surface area (Å²) >= 11 is 1.06. The van der Waals surface area contributed by atoms with E-state index < -0.39 is 0 Å². The van der Waals surface area contributed by atoms with Gasteiger partial charge in [-0.15, -0.1) is 5.10 Å². The first kappa shape index (κ1) is 14.1. The standard InChI is InChI=1S/C13H19N3O2S/c1-8-5-4-6-11(7-8)16(10(3)17)13(18)12-9(2)14-15-19-12/h8,11H,4-7H2,1-3H3. The van der Waals surface area contributed by atoms with E-state index in [2.05, 4.69) is 16.5 Å². The number of hydrogen-bond acceptors (Lipinski definition) is 5. The summed E-state index contributed by atoms with van der Waals surface area (Å²) in [5.41, 5.74) is 0.602. The molecule has 1 aromatic heterocycles. The van der Waals surface area contributed by atoms with Crippen LogP contribution < -0.4 is 0 Å². The molecule has 0 aliphatic heterocycles. The van der Waals surface area contributed by atoms with E-state index in [-0.39, 0.29) is 17.9 Å². The molecular weight excluding hydrogens is 262 g/mol. The van der Waals surface area contributed by atoms with E-state index in [4.69, 9.17) is 0 Å². The normalized spacial score (nSPS) is 23.1. The van der Waals surface area contributed by atoms with Crippen molar-refractivity contribution < 1.29 is 9.59 Å². The fourth-order valence-corrected chi connectivity index (χ4v) is 3.33. The molecular formula is C13H19N3O2S. The molecule has 1 aromatic rings. The Labute approximate surface area is 117 Å². The van der Waals surface area contributed by atoms with Crippen LogP contribution in [0.2, 0.25) is 0 Å². The molecule has 5 nitrogen and oxygen atoms in total. The maximum absolute atomic E-state index is 12.5. The lowest BCUT2D eigenvalue weighted by Gasteiger charge is -2.34. The van der Waals surface area contributed by atoms with E-state index in [9.17, 15) is 9.59 Å². The molecule has 0 aromatic carbocycles. The first-order chi connectivity index (χ1) is 9.00. The average Bonchev–Trinajstić information content (AvgIpc) is 2.75. The number of amides is 2. The van der Waals surface area contributed by atoms with Crippen molar-refractivity contribution in [3.8, 4) is 0 Å². The maximum atomic E-state index is 12.5. The highest BCUT2D eigenvalue weighted by atomic mass is 32.1. The van der Waals surface area contributed by atoms with Gasteiger partial charge < -0.3 is 0 Å². The highest BCUT2D eigenvalue weighted by molar-refractivity contribution is 7.08. The zero-order chi connectivity index (χ0) is 14.0. The Balaban J connectivity index is 2.23. The predicted molar refractivity (Wildman–Crippen MR) is 72.9 cm³/mol. The summed E-state index contributed by atoms with van der Waals surface area (Å²) in [4.78, 5) is 26.3. The highest BCUT2D eigenvalue weighted by Crippen LogP contribution is 2.29. The van der Waals surface area contributed by atoms with E-state index in [1.807, 2.05) is 0 Å². The van der Waals surface area contributed by atoms with Crippen LogP contribution in [0.15, 0.2) is 0 Å². The number of hydrogen-bond donors (Lipinski definition) is 0. The van der Waals surface area contributed by atoms with Crippen molar-refractivity contribution in [1.29, 1.82) is 0 Å². The topological polar surface area (TPSA) is 63.2 Å². The molecule has 2 unspecified atom stereocenters. The van der Waals surface area contributed by atoms with Gasteiger partial charge in [0.05, 0.1) is 5.69 Å². The Morgan fingerprint density at radius 2 is 2.11 bits per heavy atom. The summed E-state index contributed by atoms with van der Waals surface area (Å²) in [6.07, 6.45) is 4.05. The van der Waals surface area contributed by atoms with E-state index in [1.165, 1.54) is 18.2 Å². The molecule has 1 fully saturated rings. The quantitative estimate of drug-likeness (QED) is 0.835. The lowest BCUT2D eigenvalue weighted by molar-refractivity contribution is -0.128. The number of imide groups is 1. The summed E-state index contributed by atoms with van der Waals surface area (Å²) in [6.45, 7) is 5.38. The highest BCUT2D eigenvalue weighted by Gasteiger charge is 2.33. The van der Waals surface area contributed by atoms with Crippen LogP contribution in [0.5, 0.6) is 0 Å². The van der Waals surface area contributed by atoms with Gasteiger partial charge in [0.25, 0.3) is 5.91 Å². The molecule has 1 saturated carbocycles. The van der Waals surface area contributed by atoms with Crippen molar-refractivity contribution in [2.75, 3.05) is 0 Å². The Morgan fingerprint density at radius 3 is 2.63 bits per heavy atom. The van der Waals surface area contributed by atoms with Crippen LogP contribution in [0.1, 0.15) is 54.9 Å². The van der Waals surface area contributed by atoms with Gasteiger partial charge in [0.1, 0.15) is 4.88 Å². The fraction of sp³-hybridized carbons (Fsp3) is 0.692. The van der Waals surface area contributed by atoms with Crippen molar-refractivity contribution >= 4 is 23.3 Å². The molecule has 0 radical (unpaired) electrons. The second-order valence-electron chi connectivity index (χ2n) is 5.31. The van der Waals surface area contributed by atoms with Gasteiger partial charge in [-0.05, 0) is 37.2 Å². The maximum Gasteiger partial charge on any atom is 0.274 e. The van der Waals surface area contributed by atoms with Gasteiger partial charge in [-0.3, -0.25) is 14.5 Å². The van der Waals surface area contributed by atoms with Crippen LogP contribution in [0, 0.1) is 12.8 Å². The van der Waals surface area contributed by atoms with E-state index >= 15 is 0 Å². The third kappa shape index (κ3) is 3.00. The van der Waals surface area contributed by atoms with Crippen LogP contribution in [0.3, 0.4) is 0 Å². The van der Waals surface area contributed by atoms with Gasteiger partial charge in [0.15, 0.2) is 0 Å². The summed E-state index contributed by atoms with van der Waals surface area (Å²) < 4.78 is 3.78. The molecule has 104 valence electrons. The molecule has 1 aliphatic rings. The van der Waals surface area contributed by atoms with Crippen LogP contribution in [0.25, 0.3) is 0 Å². The SMILES string of the molecule is CC(=O)N(C(=O)c1snnc1C)C1CCCC(C)C1. The molecule has 6 heteroatoms. The molecule has 2 rings (SSSR count). The summed E-state index contributed by atoms with van der Waals surface area (Å²) in [5.74, 6) is 0.144. The molecule has 2 amide bonds. The first-order valence-corrected chi connectivity index (χ1v) is 7.41. The Morgan fingerprint density at radius 1 is 1.37 bits per heavy atom.